The van der Waals surface area contributed by atoms with Crippen molar-refractivity contribution in [3.8, 4) is 11.5 Å². The van der Waals surface area contributed by atoms with Gasteiger partial charge in [-0.25, -0.2) is 0 Å². The molecule has 0 aliphatic carbocycles. The Bertz CT molecular complexity index is 659. The topological polar surface area (TPSA) is 42.0 Å². The van der Waals surface area contributed by atoms with Crippen LogP contribution in [0, 0.1) is 5.92 Å². The Hall–Kier alpha value is -1.75. The van der Waals surface area contributed by atoms with E-state index >= 15 is 0 Å². The number of piperidine rings is 1. The molecule has 2 aliphatic heterocycles. The fourth-order valence-corrected chi connectivity index (χ4v) is 4.45. The van der Waals surface area contributed by atoms with Crippen molar-refractivity contribution in [3.63, 3.8) is 0 Å². The number of fused-ring (bicyclic) bond motifs is 1. The summed E-state index contributed by atoms with van der Waals surface area (Å²) >= 11 is 0. The maximum Gasteiger partial charge on any atom is 0.225 e. The van der Waals surface area contributed by atoms with Crippen LogP contribution in [-0.4, -0.2) is 55.6 Å². The molecule has 0 radical (unpaired) electrons. The number of hydrogen-bond acceptors (Lipinski definition) is 4. The highest BCUT2D eigenvalue weighted by atomic mass is 16.5. The molecule has 2 aliphatic rings. The van der Waals surface area contributed by atoms with Gasteiger partial charge in [0.05, 0.1) is 14.2 Å². The quantitative estimate of drug-likeness (QED) is 0.826. The van der Waals surface area contributed by atoms with Crippen LogP contribution in [0.5, 0.6) is 11.5 Å². The molecule has 1 aromatic carbocycles. The molecule has 0 N–H and O–H groups in total. The summed E-state index contributed by atoms with van der Waals surface area (Å²) in [4.78, 5) is 17.1. The number of hydrogen-bond donors (Lipinski definition) is 0. The lowest BCUT2D eigenvalue weighted by atomic mass is 9.90. The molecule has 26 heavy (non-hydrogen) atoms. The third-order valence-electron chi connectivity index (χ3n) is 5.90. The smallest absolute Gasteiger partial charge is 0.225 e. The molecule has 1 aromatic rings. The minimum atomic E-state index is 0.0741. The number of likely N-dealkylation sites (tertiary alicyclic amines) is 1. The molecule has 1 fully saturated rings. The Morgan fingerprint density at radius 2 is 1.85 bits per heavy atom. The maximum atomic E-state index is 12.4. The Kier molecular flexibility index (Phi) is 5.76. The Balaban J connectivity index is 1.80. The molecule has 1 amide bonds. The second kappa shape index (κ2) is 7.87. The van der Waals surface area contributed by atoms with Crippen molar-refractivity contribution in [2.45, 2.75) is 52.1 Å². The van der Waals surface area contributed by atoms with Crippen LogP contribution in [0.15, 0.2) is 12.1 Å². The van der Waals surface area contributed by atoms with Gasteiger partial charge in [0.15, 0.2) is 11.5 Å². The normalized spacial score (nSPS) is 23.7. The molecule has 2 heterocycles. The third-order valence-corrected chi connectivity index (χ3v) is 5.90. The van der Waals surface area contributed by atoms with Crippen LogP contribution in [0.1, 0.15) is 50.8 Å². The lowest BCUT2D eigenvalue weighted by molar-refractivity contribution is -0.136. The van der Waals surface area contributed by atoms with Gasteiger partial charge in [-0.15, -0.1) is 0 Å². The number of rotatable bonds is 4. The number of amides is 1. The zero-order valence-corrected chi connectivity index (χ0v) is 16.7. The van der Waals surface area contributed by atoms with Crippen molar-refractivity contribution in [1.82, 2.24) is 9.80 Å². The number of carbonyl (C=O) groups excluding carboxylic acids is 1. The van der Waals surface area contributed by atoms with Gasteiger partial charge in [-0.3, -0.25) is 9.69 Å². The molecule has 0 spiro atoms. The second-order valence-corrected chi connectivity index (χ2v) is 7.80. The van der Waals surface area contributed by atoms with E-state index < -0.39 is 0 Å². The molecule has 144 valence electrons. The molecule has 0 bridgehead atoms. The summed E-state index contributed by atoms with van der Waals surface area (Å²) in [6, 6.07) is 5.00. The van der Waals surface area contributed by atoms with Gasteiger partial charge in [0.1, 0.15) is 0 Å². The molecule has 2 atom stereocenters. The minimum Gasteiger partial charge on any atom is -0.493 e. The van der Waals surface area contributed by atoms with E-state index in [4.69, 9.17) is 9.47 Å². The SMILES string of the molecule is COc1cc2c(cc1OC)[C@H](C)N([C@H]1CCCN(C(=O)C(C)C)C1)CC2. The van der Waals surface area contributed by atoms with E-state index in [2.05, 4.69) is 28.9 Å². The largest absolute Gasteiger partial charge is 0.493 e. The van der Waals surface area contributed by atoms with E-state index in [0.29, 0.717) is 12.1 Å². The van der Waals surface area contributed by atoms with Gasteiger partial charge >= 0.3 is 0 Å². The summed E-state index contributed by atoms with van der Waals surface area (Å²) in [7, 11) is 3.37. The van der Waals surface area contributed by atoms with Crippen molar-refractivity contribution < 1.29 is 14.3 Å². The molecule has 0 saturated carbocycles. The van der Waals surface area contributed by atoms with Gasteiger partial charge in [-0.2, -0.15) is 0 Å². The van der Waals surface area contributed by atoms with Crippen LogP contribution in [-0.2, 0) is 11.2 Å². The van der Waals surface area contributed by atoms with Crippen LogP contribution in [0.2, 0.25) is 0 Å². The highest BCUT2D eigenvalue weighted by Crippen LogP contribution is 2.39. The number of methoxy groups -OCH3 is 2. The van der Waals surface area contributed by atoms with Gasteiger partial charge in [-0.05, 0) is 49.4 Å². The van der Waals surface area contributed by atoms with Crippen LogP contribution >= 0.6 is 0 Å². The average Bonchev–Trinajstić information content (AvgIpc) is 2.66. The lowest BCUT2D eigenvalue weighted by Crippen LogP contribution is -2.52. The van der Waals surface area contributed by atoms with E-state index in [0.717, 1.165) is 50.4 Å². The predicted molar refractivity (Wildman–Crippen MR) is 103 cm³/mol. The van der Waals surface area contributed by atoms with Gasteiger partial charge in [0.2, 0.25) is 5.91 Å². The Morgan fingerprint density at radius 1 is 1.15 bits per heavy atom. The van der Waals surface area contributed by atoms with E-state index in [1.165, 1.54) is 11.1 Å². The lowest BCUT2D eigenvalue weighted by Gasteiger charge is -2.45. The predicted octanol–water partition coefficient (Wildman–Crippen LogP) is 3.27. The highest BCUT2D eigenvalue weighted by Gasteiger charge is 2.34. The molecular formula is C21H32N2O3. The molecule has 3 rings (SSSR count). The summed E-state index contributed by atoms with van der Waals surface area (Å²) in [6.45, 7) is 9.03. The van der Waals surface area contributed by atoms with Crippen LogP contribution < -0.4 is 9.47 Å². The Labute approximate surface area is 157 Å². The van der Waals surface area contributed by atoms with E-state index in [1.54, 1.807) is 14.2 Å². The molecular weight excluding hydrogens is 328 g/mol. The highest BCUT2D eigenvalue weighted by molar-refractivity contribution is 5.78. The van der Waals surface area contributed by atoms with E-state index in [9.17, 15) is 4.79 Å². The summed E-state index contributed by atoms with van der Waals surface area (Å²) in [6.07, 6.45) is 3.26. The Morgan fingerprint density at radius 3 is 2.50 bits per heavy atom. The van der Waals surface area contributed by atoms with Gasteiger partial charge in [0, 0.05) is 37.6 Å². The van der Waals surface area contributed by atoms with Crippen molar-refractivity contribution in [1.29, 1.82) is 0 Å². The van der Waals surface area contributed by atoms with Gasteiger partial charge in [-0.1, -0.05) is 13.8 Å². The first-order valence-electron chi connectivity index (χ1n) is 9.75. The second-order valence-electron chi connectivity index (χ2n) is 7.80. The first-order chi connectivity index (χ1) is 12.5. The minimum absolute atomic E-state index is 0.0741. The van der Waals surface area contributed by atoms with Crippen LogP contribution in [0.4, 0.5) is 0 Å². The van der Waals surface area contributed by atoms with Crippen LogP contribution in [0.3, 0.4) is 0 Å². The van der Waals surface area contributed by atoms with Crippen molar-refractivity contribution in [2.24, 2.45) is 5.92 Å². The number of carbonyl (C=O) groups is 1. The van der Waals surface area contributed by atoms with Crippen molar-refractivity contribution in [2.75, 3.05) is 33.9 Å². The number of nitrogens with zero attached hydrogens (tertiary/aromatic N) is 2. The fourth-order valence-electron chi connectivity index (χ4n) is 4.45. The molecule has 0 unspecified atom stereocenters. The summed E-state index contributed by atoms with van der Waals surface area (Å²) in [5.74, 6) is 1.95. The monoisotopic (exact) mass is 360 g/mol. The average molecular weight is 360 g/mol. The van der Waals surface area contributed by atoms with Crippen molar-refractivity contribution in [3.05, 3.63) is 23.3 Å². The maximum absolute atomic E-state index is 12.4. The molecule has 0 aromatic heterocycles. The van der Waals surface area contributed by atoms with E-state index in [-0.39, 0.29) is 11.8 Å². The van der Waals surface area contributed by atoms with Gasteiger partial charge < -0.3 is 14.4 Å². The summed E-state index contributed by atoms with van der Waals surface area (Å²) in [5.41, 5.74) is 2.67. The van der Waals surface area contributed by atoms with Crippen molar-refractivity contribution >= 4 is 5.91 Å². The van der Waals surface area contributed by atoms with Crippen LogP contribution in [0.25, 0.3) is 0 Å². The first kappa shape index (κ1) is 19.0. The zero-order chi connectivity index (χ0) is 18.8. The zero-order valence-electron chi connectivity index (χ0n) is 16.7. The first-order valence-corrected chi connectivity index (χ1v) is 9.75. The molecule has 5 nitrogen and oxygen atoms in total. The van der Waals surface area contributed by atoms with Gasteiger partial charge in [0.25, 0.3) is 0 Å². The number of benzene rings is 1. The van der Waals surface area contributed by atoms with E-state index in [1.807, 2.05) is 13.8 Å². The molecule has 1 saturated heterocycles. The molecule has 5 heteroatoms. The standard InChI is InChI=1S/C21H32N2O3/c1-14(2)21(24)22-9-6-7-17(13-22)23-10-8-16-11-19(25-4)20(26-5)12-18(16)15(23)3/h11-12,14-15,17H,6-10,13H2,1-5H3/t15-,17-/m0/s1. The third kappa shape index (κ3) is 3.54. The number of ether oxygens (including phenoxy) is 2. The fraction of sp³-hybridized carbons (Fsp3) is 0.667. The summed E-state index contributed by atoms with van der Waals surface area (Å²) in [5, 5.41) is 0. The summed E-state index contributed by atoms with van der Waals surface area (Å²) < 4.78 is 11.0.